The van der Waals surface area contributed by atoms with Crippen LogP contribution in [-0.4, -0.2) is 18.9 Å². The van der Waals surface area contributed by atoms with Crippen LogP contribution in [0, 0.1) is 15.9 Å². The topological polar surface area (TPSA) is 89.3 Å². The van der Waals surface area contributed by atoms with Gasteiger partial charge in [0.05, 0.1) is 4.92 Å². The Morgan fingerprint density at radius 3 is 2.50 bits per heavy atom. The molecular formula is C12H17FN2O4S. The summed E-state index contributed by atoms with van der Waals surface area (Å²) >= 11 is 0. The van der Waals surface area contributed by atoms with Crippen LogP contribution < -0.4 is 4.72 Å². The summed E-state index contributed by atoms with van der Waals surface area (Å²) in [6.07, 6.45) is 1.29. The smallest absolute Gasteiger partial charge is 0.258 e. The highest BCUT2D eigenvalue weighted by atomic mass is 32.2. The second-order valence-electron chi connectivity index (χ2n) is 5.08. The van der Waals surface area contributed by atoms with Crippen LogP contribution in [0.15, 0.2) is 23.1 Å². The minimum Gasteiger partial charge on any atom is -0.258 e. The molecule has 0 saturated heterocycles. The van der Waals surface area contributed by atoms with Gasteiger partial charge < -0.3 is 0 Å². The molecule has 1 rings (SSSR count). The minimum absolute atomic E-state index is 0.551. The summed E-state index contributed by atoms with van der Waals surface area (Å²) in [4.78, 5) is 9.16. The maximum Gasteiger partial charge on any atom is 0.324 e. The number of nitrogens with zero attached hydrogens (tertiary/aromatic N) is 1. The zero-order chi connectivity index (χ0) is 15.6. The quantitative estimate of drug-likeness (QED) is 0.646. The molecule has 112 valence electrons. The number of nitro groups is 1. The molecule has 0 atom stereocenters. The molecule has 1 N–H and O–H groups in total. The number of hydrogen-bond donors (Lipinski definition) is 1. The summed E-state index contributed by atoms with van der Waals surface area (Å²) in [5.74, 6) is -1.17. The second kappa shape index (κ2) is 5.84. The molecule has 0 bridgehead atoms. The van der Waals surface area contributed by atoms with Crippen molar-refractivity contribution in [1.29, 1.82) is 0 Å². The highest BCUT2D eigenvalue weighted by molar-refractivity contribution is 7.89. The molecule has 0 aromatic heterocycles. The van der Waals surface area contributed by atoms with E-state index < -0.39 is 36.9 Å². The monoisotopic (exact) mass is 304 g/mol. The first-order valence-corrected chi connectivity index (χ1v) is 7.56. The Morgan fingerprint density at radius 2 is 2.00 bits per heavy atom. The van der Waals surface area contributed by atoms with E-state index in [1.807, 2.05) is 6.92 Å². The van der Waals surface area contributed by atoms with Crippen LogP contribution in [-0.2, 0) is 10.0 Å². The van der Waals surface area contributed by atoms with Crippen molar-refractivity contribution in [3.05, 3.63) is 34.1 Å². The molecule has 0 aliphatic carbocycles. The Balaban J connectivity index is 3.30. The summed E-state index contributed by atoms with van der Waals surface area (Å²) in [5, 5.41) is 10.9. The summed E-state index contributed by atoms with van der Waals surface area (Å²) < 4.78 is 40.3. The highest BCUT2D eigenvalue weighted by Crippen LogP contribution is 2.28. The van der Waals surface area contributed by atoms with Gasteiger partial charge in [-0.2, -0.15) is 4.39 Å². The van der Waals surface area contributed by atoms with Gasteiger partial charge in [0.15, 0.2) is 4.90 Å². The van der Waals surface area contributed by atoms with E-state index >= 15 is 0 Å². The van der Waals surface area contributed by atoms with Crippen LogP contribution in [0.1, 0.15) is 33.6 Å². The summed E-state index contributed by atoms with van der Waals surface area (Å²) in [6, 6.07) is 3.00. The molecule has 6 nitrogen and oxygen atoms in total. The Hall–Kier alpha value is -1.54. The van der Waals surface area contributed by atoms with Gasteiger partial charge in [-0.05, 0) is 32.4 Å². The lowest BCUT2D eigenvalue weighted by molar-refractivity contribution is -0.390. The van der Waals surface area contributed by atoms with Crippen LogP contribution >= 0.6 is 0 Å². The highest BCUT2D eigenvalue weighted by Gasteiger charge is 2.33. The number of rotatable bonds is 6. The summed E-state index contributed by atoms with van der Waals surface area (Å²) in [5.41, 5.74) is -1.80. The lowest BCUT2D eigenvalue weighted by atomic mass is 10.0. The first kappa shape index (κ1) is 16.5. The Morgan fingerprint density at radius 1 is 1.40 bits per heavy atom. The van der Waals surface area contributed by atoms with Gasteiger partial charge in [0.25, 0.3) is 0 Å². The van der Waals surface area contributed by atoms with Gasteiger partial charge in [-0.1, -0.05) is 19.4 Å². The molecule has 0 heterocycles. The Labute approximate surface area is 117 Å². The van der Waals surface area contributed by atoms with Crippen LogP contribution in [0.2, 0.25) is 0 Å². The van der Waals surface area contributed by atoms with Crippen molar-refractivity contribution < 1.29 is 17.7 Å². The number of sulfonamides is 1. The molecule has 0 spiro atoms. The van der Waals surface area contributed by atoms with Crippen LogP contribution in [0.25, 0.3) is 0 Å². The Kier molecular flexibility index (Phi) is 4.82. The predicted molar refractivity (Wildman–Crippen MR) is 72.4 cm³/mol. The zero-order valence-electron chi connectivity index (χ0n) is 11.5. The first-order chi connectivity index (χ1) is 9.10. The maximum absolute atomic E-state index is 13.5. The summed E-state index contributed by atoms with van der Waals surface area (Å²) in [7, 11) is -4.17. The molecule has 8 heteroatoms. The van der Waals surface area contributed by atoms with Gasteiger partial charge in [-0.25, -0.2) is 13.1 Å². The standard InChI is InChI=1S/C12H17FN2O4S/c1-4-8-12(2,3)14-20(18,19)10-7-5-6-9(13)11(10)15(16)17/h5-7,14H,4,8H2,1-3H3. The maximum atomic E-state index is 13.5. The van der Waals surface area contributed by atoms with Gasteiger partial charge in [0.1, 0.15) is 0 Å². The Bertz CT molecular complexity index is 614. The number of nitro benzene ring substituents is 1. The van der Waals surface area contributed by atoms with Crippen molar-refractivity contribution in [1.82, 2.24) is 4.72 Å². The molecule has 0 amide bonds. The molecule has 1 aromatic carbocycles. The third-order valence-electron chi connectivity index (χ3n) is 2.71. The number of halogens is 1. The molecule has 1 aromatic rings. The largest absolute Gasteiger partial charge is 0.324 e. The fourth-order valence-corrected chi connectivity index (χ4v) is 3.61. The molecule has 0 aliphatic heterocycles. The van der Waals surface area contributed by atoms with Crippen molar-refractivity contribution in [3.63, 3.8) is 0 Å². The molecule has 0 aliphatic rings. The average molecular weight is 304 g/mol. The van der Waals surface area contributed by atoms with Gasteiger partial charge in [-0.3, -0.25) is 10.1 Å². The van der Waals surface area contributed by atoms with Crippen molar-refractivity contribution in [2.24, 2.45) is 0 Å². The average Bonchev–Trinajstić information content (AvgIpc) is 2.26. The molecular weight excluding hydrogens is 287 g/mol. The number of para-hydroxylation sites is 1. The molecule has 20 heavy (non-hydrogen) atoms. The minimum atomic E-state index is -4.17. The zero-order valence-corrected chi connectivity index (χ0v) is 12.3. The van der Waals surface area contributed by atoms with Crippen molar-refractivity contribution in [2.45, 2.75) is 44.0 Å². The van der Waals surface area contributed by atoms with Gasteiger partial charge >= 0.3 is 5.69 Å². The fraction of sp³-hybridized carbons (Fsp3) is 0.500. The van der Waals surface area contributed by atoms with E-state index in [4.69, 9.17) is 0 Å². The SMILES string of the molecule is CCCC(C)(C)NS(=O)(=O)c1cccc(F)c1[N+](=O)[O-]. The molecule has 0 unspecified atom stereocenters. The van der Waals surface area contributed by atoms with E-state index in [9.17, 15) is 22.9 Å². The van der Waals surface area contributed by atoms with Gasteiger partial charge in [-0.15, -0.1) is 0 Å². The van der Waals surface area contributed by atoms with Gasteiger partial charge in [0, 0.05) is 5.54 Å². The number of nitrogens with one attached hydrogen (secondary N) is 1. The van der Waals surface area contributed by atoms with Gasteiger partial charge in [0.2, 0.25) is 15.8 Å². The van der Waals surface area contributed by atoms with Crippen molar-refractivity contribution >= 4 is 15.7 Å². The van der Waals surface area contributed by atoms with E-state index in [1.54, 1.807) is 13.8 Å². The third-order valence-corrected chi connectivity index (χ3v) is 4.44. The lowest BCUT2D eigenvalue weighted by Crippen LogP contribution is -2.43. The fourth-order valence-electron chi connectivity index (χ4n) is 1.98. The lowest BCUT2D eigenvalue weighted by Gasteiger charge is -2.25. The summed E-state index contributed by atoms with van der Waals surface area (Å²) in [6.45, 7) is 5.22. The number of hydrogen-bond acceptors (Lipinski definition) is 4. The predicted octanol–water partition coefficient (Wildman–Crippen LogP) is 2.59. The molecule has 0 fully saturated rings. The third kappa shape index (κ3) is 3.73. The van der Waals surface area contributed by atoms with Crippen molar-refractivity contribution in [3.8, 4) is 0 Å². The van der Waals surface area contributed by atoms with E-state index in [2.05, 4.69) is 4.72 Å². The normalized spacial score (nSPS) is 12.4. The van der Waals surface area contributed by atoms with E-state index in [-0.39, 0.29) is 0 Å². The van der Waals surface area contributed by atoms with E-state index in [1.165, 1.54) is 0 Å². The van der Waals surface area contributed by atoms with Crippen LogP contribution in [0.5, 0.6) is 0 Å². The van der Waals surface area contributed by atoms with Crippen LogP contribution in [0.3, 0.4) is 0 Å². The van der Waals surface area contributed by atoms with E-state index in [0.717, 1.165) is 24.6 Å². The second-order valence-corrected chi connectivity index (χ2v) is 6.73. The van der Waals surface area contributed by atoms with Crippen molar-refractivity contribution in [2.75, 3.05) is 0 Å². The first-order valence-electron chi connectivity index (χ1n) is 6.07. The van der Waals surface area contributed by atoms with E-state index in [0.29, 0.717) is 6.42 Å². The molecule has 0 saturated carbocycles. The molecule has 0 radical (unpaired) electrons. The number of benzene rings is 1. The van der Waals surface area contributed by atoms with Crippen LogP contribution in [0.4, 0.5) is 10.1 Å².